The van der Waals surface area contributed by atoms with Crippen molar-refractivity contribution in [2.45, 2.75) is 31.8 Å². The Morgan fingerprint density at radius 2 is 1.88 bits per heavy atom. The van der Waals surface area contributed by atoms with Crippen LogP contribution in [0.2, 0.25) is 0 Å². The first-order chi connectivity index (χ1) is 15.3. The van der Waals surface area contributed by atoms with E-state index in [1.54, 1.807) is 30.2 Å². The predicted molar refractivity (Wildman–Crippen MR) is 123 cm³/mol. The van der Waals surface area contributed by atoms with Crippen LogP contribution in [-0.2, 0) is 22.6 Å². The molecule has 0 saturated carbocycles. The molecule has 1 atom stereocenters. The standard InChI is InChI=1S/C23H25N5O3S/c1-23(13-12-16-8-4-3-5-9-16)21(30)28(22(31)25-23)26-19(29)14-27(2)15-20-24-17-10-6-7-11-18(17)32-20/h3-11H,12-15H2,1-2H3,(H,25,31)(H,26,29)/t23-/m1/s1. The molecular weight excluding hydrogens is 426 g/mol. The van der Waals surface area contributed by atoms with Gasteiger partial charge < -0.3 is 5.32 Å². The number of carbonyl (C=O) groups excluding carboxylic acids is 3. The number of hydrogen-bond donors (Lipinski definition) is 2. The van der Waals surface area contributed by atoms with Crippen LogP contribution < -0.4 is 10.7 Å². The molecule has 1 saturated heterocycles. The molecule has 2 N–H and O–H groups in total. The molecule has 3 aromatic rings. The Labute approximate surface area is 190 Å². The van der Waals surface area contributed by atoms with Crippen LogP contribution in [-0.4, -0.2) is 51.9 Å². The summed E-state index contributed by atoms with van der Waals surface area (Å²) in [6.07, 6.45) is 1.07. The van der Waals surface area contributed by atoms with Gasteiger partial charge in [0.25, 0.3) is 11.8 Å². The number of aromatic nitrogens is 1. The number of rotatable bonds is 8. The summed E-state index contributed by atoms with van der Waals surface area (Å²) in [4.78, 5) is 44.1. The zero-order valence-electron chi connectivity index (χ0n) is 18.0. The Morgan fingerprint density at radius 3 is 2.62 bits per heavy atom. The molecule has 0 aliphatic carbocycles. The highest BCUT2D eigenvalue weighted by Gasteiger charge is 2.48. The van der Waals surface area contributed by atoms with Crippen LogP contribution in [0.4, 0.5) is 4.79 Å². The van der Waals surface area contributed by atoms with Crippen LogP contribution in [0.25, 0.3) is 10.2 Å². The molecule has 32 heavy (non-hydrogen) atoms. The van der Waals surface area contributed by atoms with E-state index in [9.17, 15) is 14.4 Å². The Morgan fingerprint density at radius 1 is 1.16 bits per heavy atom. The molecule has 166 valence electrons. The van der Waals surface area contributed by atoms with Crippen molar-refractivity contribution in [1.29, 1.82) is 0 Å². The normalized spacial score (nSPS) is 18.4. The van der Waals surface area contributed by atoms with Crippen LogP contribution >= 0.6 is 11.3 Å². The first-order valence-electron chi connectivity index (χ1n) is 10.4. The van der Waals surface area contributed by atoms with E-state index in [1.165, 1.54) is 0 Å². The van der Waals surface area contributed by atoms with Crippen LogP contribution in [0.1, 0.15) is 23.9 Å². The number of nitrogens with zero attached hydrogens (tertiary/aromatic N) is 3. The maximum atomic E-state index is 12.9. The molecule has 1 aliphatic heterocycles. The van der Waals surface area contributed by atoms with Crippen molar-refractivity contribution in [1.82, 2.24) is 25.6 Å². The molecule has 8 nitrogen and oxygen atoms in total. The molecule has 2 aromatic carbocycles. The molecular formula is C23H25N5O3S. The fourth-order valence-electron chi connectivity index (χ4n) is 3.67. The number of thiazole rings is 1. The number of likely N-dealkylation sites (N-methyl/N-ethyl adjacent to an activating group) is 1. The highest BCUT2D eigenvalue weighted by molar-refractivity contribution is 7.18. The number of imide groups is 1. The fourth-order valence-corrected chi connectivity index (χ4v) is 4.72. The average molecular weight is 452 g/mol. The van der Waals surface area contributed by atoms with Gasteiger partial charge in [0.2, 0.25) is 0 Å². The van der Waals surface area contributed by atoms with E-state index in [0.29, 0.717) is 19.4 Å². The van der Waals surface area contributed by atoms with Gasteiger partial charge in [-0.2, -0.15) is 5.01 Å². The summed E-state index contributed by atoms with van der Waals surface area (Å²) in [5.74, 6) is -0.898. The van der Waals surface area contributed by atoms with Crippen LogP contribution in [0.15, 0.2) is 54.6 Å². The summed E-state index contributed by atoms with van der Waals surface area (Å²) in [7, 11) is 1.79. The summed E-state index contributed by atoms with van der Waals surface area (Å²) in [6, 6.07) is 17.0. The first kappa shape index (κ1) is 21.9. The zero-order chi connectivity index (χ0) is 22.7. The number of carbonyl (C=O) groups is 3. The third-order valence-corrected chi connectivity index (χ3v) is 6.43. The summed E-state index contributed by atoms with van der Waals surface area (Å²) in [5, 5.41) is 4.40. The van der Waals surface area contributed by atoms with Crippen molar-refractivity contribution >= 4 is 39.4 Å². The highest BCUT2D eigenvalue weighted by atomic mass is 32.1. The minimum absolute atomic E-state index is 0.0215. The number of nitrogens with one attached hydrogen (secondary N) is 2. The van der Waals surface area contributed by atoms with Crippen molar-refractivity contribution < 1.29 is 14.4 Å². The van der Waals surface area contributed by atoms with E-state index >= 15 is 0 Å². The van der Waals surface area contributed by atoms with E-state index in [0.717, 1.165) is 25.8 Å². The lowest BCUT2D eigenvalue weighted by molar-refractivity contribution is -0.139. The number of amides is 4. The molecule has 0 unspecified atom stereocenters. The lowest BCUT2D eigenvalue weighted by Gasteiger charge is -2.22. The number of hydrazine groups is 1. The Kier molecular flexibility index (Phi) is 6.20. The largest absolute Gasteiger partial charge is 0.344 e. The number of urea groups is 1. The number of aryl methyl sites for hydroxylation is 1. The Balaban J connectivity index is 1.32. The van der Waals surface area contributed by atoms with Crippen LogP contribution in [0.3, 0.4) is 0 Å². The molecule has 0 spiro atoms. The van der Waals surface area contributed by atoms with E-state index in [-0.39, 0.29) is 6.54 Å². The van der Waals surface area contributed by atoms with Crippen LogP contribution in [0, 0.1) is 0 Å². The Bertz CT molecular complexity index is 1120. The van der Waals surface area contributed by atoms with Gasteiger partial charge in [-0.25, -0.2) is 9.78 Å². The van der Waals surface area contributed by atoms with Crippen molar-refractivity contribution in [3.63, 3.8) is 0 Å². The lowest BCUT2D eigenvalue weighted by atomic mass is 9.93. The monoisotopic (exact) mass is 451 g/mol. The molecule has 2 heterocycles. The summed E-state index contributed by atoms with van der Waals surface area (Å²) in [5.41, 5.74) is 3.40. The highest BCUT2D eigenvalue weighted by Crippen LogP contribution is 2.23. The molecule has 4 rings (SSSR count). The molecule has 9 heteroatoms. The first-order valence-corrected chi connectivity index (χ1v) is 11.2. The fraction of sp³-hybridized carbons (Fsp3) is 0.304. The van der Waals surface area contributed by atoms with E-state index in [2.05, 4.69) is 15.7 Å². The van der Waals surface area contributed by atoms with Crippen molar-refractivity contribution in [2.75, 3.05) is 13.6 Å². The SMILES string of the molecule is CN(CC(=O)NN1C(=O)N[C@](C)(CCc2ccccc2)C1=O)Cc1nc2ccccc2s1. The molecule has 0 bridgehead atoms. The third-order valence-electron chi connectivity index (χ3n) is 5.41. The second-order valence-electron chi connectivity index (χ2n) is 8.17. The molecule has 1 aliphatic rings. The van der Waals surface area contributed by atoms with E-state index in [1.807, 2.05) is 54.6 Å². The van der Waals surface area contributed by atoms with Crippen molar-refractivity contribution in [3.05, 3.63) is 65.2 Å². The maximum absolute atomic E-state index is 12.9. The minimum atomic E-state index is -1.06. The maximum Gasteiger partial charge on any atom is 0.344 e. The number of hydrogen-bond acceptors (Lipinski definition) is 6. The topological polar surface area (TPSA) is 94.6 Å². The van der Waals surface area contributed by atoms with Gasteiger partial charge in [0.05, 0.1) is 23.3 Å². The quantitative estimate of drug-likeness (QED) is 0.514. The van der Waals surface area contributed by atoms with E-state index in [4.69, 9.17) is 0 Å². The second kappa shape index (κ2) is 9.05. The smallest absolute Gasteiger partial charge is 0.322 e. The molecule has 1 aromatic heterocycles. The summed E-state index contributed by atoms with van der Waals surface area (Å²) < 4.78 is 1.09. The van der Waals surface area contributed by atoms with Gasteiger partial charge in [0.1, 0.15) is 10.5 Å². The predicted octanol–water partition coefficient (Wildman–Crippen LogP) is 2.70. The van der Waals surface area contributed by atoms with Gasteiger partial charge in [0, 0.05) is 0 Å². The molecule has 4 amide bonds. The van der Waals surface area contributed by atoms with Crippen molar-refractivity contribution in [2.24, 2.45) is 0 Å². The molecule has 1 fully saturated rings. The van der Waals surface area contributed by atoms with Gasteiger partial charge in [-0.1, -0.05) is 42.5 Å². The number of benzene rings is 2. The van der Waals surface area contributed by atoms with Crippen LogP contribution in [0.5, 0.6) is 0 Å². The second-order valence-corrected chi connectivity index (χ2v) is 9.29. The third kappa shape index (κ3) is 4.79. The molecule has 0 radical (unpaired) electrons. The lowest BCUT2D eigenvalue weighted by Crippen LogP contribution is -2.51. The number of para-hydroxylation sites is 1. The Hall–Kier alpha value is -3.30. The van der Waals surface area contributed by atoms with Crippen molar-refractivity contribution in [3.8, 4) is 0 Å². The van der Waals surface area contributed by atoms with Gasteiger partial charge in [-0.05, 0) is 44.5 Å². The van der Waals surface area contributed by atoms with Gasteiger partial charge in [-0.3, -0.25) is 19.9 Å². The van der Waals surface area contributed by atoms with Gasteiger partial charge >= 0.3 is 6.03 Å². The average Bonchev–Trinajstić information content (AvgIpc) is 3.26. The number of fused-ring (bicyclic) bond motifs is 1. The van der Waals surface area contributed by atoms with E-state index < -0.39 is 23.4 Å². The minimum Gasteiger partial charge on any atom is -0.322 e. The summed E-state index contributed by atoms with van der Waals surface area (Å²) >= 11 is 1.58. The zero-order valence-corrected chi connectivity index (χ0v) is 18.8. The van der Waals surface area contributed by atoms with Gasteiger partial charge in [0.15, 0.2) is 0 Å². The van der Waals surface area contributed by atoms with Gasteiger partial charge in [-0.15, -0.1) is 11.3 Å². The summed E-state index contributed by atoms with van der Waals surface area (Å²) in [6.45, 7) is 2.19.